The number of hydrogen-bond donors (Lipinski definition) is 1. The van der Waals surface area contributed by atoms with Crippen molar-refractivity contribution in [3.63, 3.8) is 0 Å². The van der Waals surface area contributed by atoms with Crippen molar-refractivity contribution in [2.75, 3.05) is 13.1 Å². The largest absolute Gasteiger partial charge is 0.508 e. The third-order valence-electron chi connectivity index (χ3n) is 3.42. The van der Waals surface area contributed by atoms with E-state index in [1.165, 1.54) is 0 Å². The topological polar surface area (TPSA) is 23.5 Å². The molecule has 0 aliphatic rings. The van der Waals surface area contributed by atoms with E-state index in [9.17, 15) is 5.11 Å². The summed E-state index contributed by atoms with van der Waals surface area (Å²) in [4.78, 5) is 2.19. The van der Waals surface area contributed by atoms with Gasteiger partial charge in [-0.2, -0.15) is 0 Å². The fraction of sp³-hybridized carbons (Fsp3) is 0.412. The molecule has 0 heterocycles. The number of fused-ring (bicyclic) bond motifs is 1. The lowest BCUT2D eigenvalue weighted by Crippen LogP contribution is -2.33. The number of hydrogen-bond acceptors (Lipinski definition) is 2. The lowest BCUT2D eigenvalue weighted by atomic mass is 10.0. The molecule has 2 nitrogen and oxygen atoms in total. The molecule has 114 valence electrons. The number of halogens is 2. The van der Waals surface area contributed by atoms with Crippen LogP contribution in [0, 0.1) is 0 Å². The predicted octanol–water partition coefficient (Wildman–Crippen LogP) is 4.60. The minimum Gasteiger partial charge on any atom is -0.508 e. The van der Waals surface area contributed by atoms with Gasteiger partial charge in [0.15, 0.2) is 0 Å². The van der Waals surface area contributed by atoms with E-state index in [1.807, 2.05) is 38.1 Å². The summed E-state index contributed by atoms with van der Waals surface area (Å²) >= 11 is 12.3. The molecule has 0 saturated carbocycles. The van der Waals surface area contributed by atoms with E-state index < -0.39 is 0 Å². The first-order valence-electron chi connectivity index (χ1n) is 7.17. The highest BCUT2D eigenvalue weighted by atomic mass is 35.5. The Hall–Kier alpha value is -0.960. The molecule has 0 saturated heterocycles. The van der Waals surface area contributed by atoms with E-state index in [0.29, 0.717) is 12.3 Å². The van der Waals surface area contributed by atoms with E-state index >= 15 is 0 Å². The number of rotatable bonds is 6. The molecule has 2 aromatic carbocycles. The quantitative estimate of drug-likeness (QED) is 0.784. The molecule has 0 amide bonds. The summed E-state index contributed by atoms with van der Waals surface area (Å²) in [6.07, 6.45) is 0. The van der Waals surface area contributed by atoms with Crippen LogP contribution in [-0.2, 0) is 6.54 Å². The highest BCUT2D eigenvalue weighted by Crippen LogP contribution is 2.28. The van der Waals surface area contributed by atoms with Gasteiger partial charge in [-0.15, -0.1) is 23.2 Å². The van der Waals surface area contributed by atoms with Crippen LogP contribution in [0.25, 0.3) is 10.8 Å². The maximum absolute atomic E-state index is 10.2. The van der Waals surface area contributed by atoms with E-state index in [-0.39, 0.29) is 10.8 Å². The minimum absolute atomic E-state index is 0.0394. The van der Waals surface area contributed by atoms with Crippen LogP contribution in [0.2, 0.25) is 0 Å². The fourth-order valence-corrected chi connectivity index (χ4v) is 3.02. The average Bonchev–Trinajstić information content (AvgIpc) is 2.40. The third kappa shape index (κ3) is 4.50. The van der Waals surface area contributed by atoms with Crippen LogP contribution >= 0.6 is 23.2 Å². The molecule has 0 aliphatic carbocycles. The second-order valence-electron chi connectivity index (χ2n) is 5.54. The molecule has 2 aromatic rings. The number of alkyl halides is 2. The Balaban J connectivity index is 2.33. The Labute approximate surface area is 136 Å². The van der Waals surface area contributed by atoms with Gasteiger partial charge in [0.1, 0.15) is 5.75 Å². The van der Waals surface area contributed by atoms with Crippen LogP contribution in [0.4, 0.5) is 0 Å². The molecule has 0 aliphatic heterocycles. The highest BCUT2D eigenvalue weighted by molar-refractivity contribution is 6.21. The first-order valence-corrected chi connectivity index (χ1v) is 8.04. The van der Waals surface area contributed by atoms with Crippen molar-refractivity contribution < 1.29 is 5.11 Å². The van der Waals surface area contributed by atoms with Gasteiger partial charge in [-0.05, 0) is 30.7 Å². The molecular weight excluding hydrogens is 305 g/mol. The van der Waals surface area contributed by atoms with Crippen LogP contribution in [0.1, 0.15) is 19.4 Å². The number of nitrogens with zero attached hydrogens (tertiary/aromatic N) is 1. The van der Waals surface area contributed by atoms with Crippen molar-refractivity contribution in [3.05, 3.63) is 42.0 Å². The number of phenolic OH excluding ortho intramolecular Hbond substituents is 1. The molecule has 4 heteroatoms. The molecular formula is C17H21Cl2NO. The Morgan fingerprint density at radius 3 is 2.24 bits per heavy atom. The Morgan fingerprint density at radius 1 is 1.00 bits per heavy atom. The second-order valence-corrected chi connectivity index (χ2v) is 7.03. The van der Waals surface area contributed by atoms with Crippen molar-refractivity contribution in [1.82, 2.24) is 4.90 Å². The van der Waals surface area contributed by atoms with Gasteiger partial charge in [0, 0.05) is 36.0 Å². The summed E-state index contributed by atoms with van der Waals surface area (Å²) in [6.45, 7) is 6.05. The summed E-state index contributed by atoms with van der Waals surface area (Å²) in [5.74, 6) is 0.322. The van der Waals surface area contributed by atoms with Crippen molar-refractivity contribution in [3.8, 4) is 5.75 Å². The van der Waals surface area contributed by atoms with Crippen molar-refractivity contribution in [2.24, 2.45) is 0 Å². The smallest absolute Gasteiger partial charge is 0.120 e. The molecule has 0 radical (unpaired) electrons. The number of benzene rings is 2. The molecule has 0 unspecified atom stereocenters. The standard InChI is InChI=1S/C17H21Cl2NO/c1-12(18)9-20(10-13(2)19)11-16-15-6-4-3-5-14(15)7-8-17(16)21/h3-8,12-13,21H,9-11H2,1-2H3/t12-,13-/m1/s1. The van der Waals surface area contributed by atoms with Gasteiger partial charge < -0.3 is 5.11 Å². The van der Waals surface area contributed by atoms with E-state index in [1.54, 1.807) is 6.07 Å². The highest BCUT2D eigenvalue weighted by Gasteiger charge is 2.15. The molecule has 2 atom stereocenters. The van der Waals surface area contributed by atoms with Gasteiger partial charge >= 0.3 is 0 Å². The summed E-state index contributed by atoms with van der Waals surface area (Å²) in [6, 6.07) is 11.8. The van der Waals surface area contributed by atoms with Crippen LogP contribution in [0.3, 0.4) is 0 Å². The Kier molecular flexibility index (Phi) is 5.74. The molecule has 2 rings (SSSR count). The van der Waals surface area contributed by atoms with Crippen molar-refractivity contribution in [2.45, 2.75) is 31.1 Å². The van der Waals surface area contributed by atoms with Gasteiger partial charge in [-0.3, -0.25) is 4.90 Å². The fourth-order valence-electron chi connectivity index (χ4n) is 2.63. The zero-order valence-corrected chi connectivity index (χ0v) is 13.9. The SMILES string of the molecule is C[C@@H](Cl)CN(Cc1c(O)ccc2ccccc12)C[C@@H](C)Cl. The van der Waals surface area contributed by atoms with Gasteiger partial charge in [0.25, 0.3) is 0 Å². The zero-order chi connectivity index (χ0) is 15.4. The first kappa shape index (κ1) is 16.4. The zero-order valence-electron chi connectivity index (χ0n) is 12.4. The maximum atomic E-state index is 10.2. The second kappa shape index (κ2) is 7.35. The van der Waals surface area contributed by atoms with Gasteiger partial charge in [-0.1, -0.05) is 30.3 Å². The molecule has 21 heavy (non-hydrogen) atoms. The van der Waals surface area contributed by atoms with Gasteiger partial charge in [-0.25, -0.2) is 0 Å². The monoisotopic (exact) mass is 325 g/mol. The number of aromatic hydroxyl groups is 1. The normalized spacial score (nSPS) is 14.5. The summed E-state index contributed by atoms with van der Waals surface area (Å²) in [7, 11) is 0. The van der Waals surface area contributed by atoms with Gasteiger partial charge in [0.2, 0.25) is 0 Å². The summed E-state index contributed by atoms with van der Waals surface area (Å²) < 4.78 is 0. The third-order valence-corrected chi connectivity index (χ3v) is 3.69. The Morgan fingerprint density at radius 2 is 1.62 bits per heavy atom. The number of phenols is 1. The van der Waals surface area contributed by atoms with Crippen molar-refractivity contribution in [1.29, 1.82) is 0 Å². The van der Waals surface area contributed by atoms with Crippen LogP contribution in [0.15, 0.2) is 36.4 Å². The summed E-state index contributed by atoms with van der Waals surface area (Å²) in [5.41, 5.74) is 0.933. The predicted molar refractivity (Wildman–Crippen MR) is 91.5 cm³/mol. The van der Waals surface area contributed by atoms with E-state index in [0.717, 1.165) is 29.4 Å². The maximum Gasteiger partial charge on any atom is 0.120 e. The van der Waals surface area contributed by atoms with E-state index in [4.69, 9.17) is 23.2 Å². The molecule has 0 spiro atoms. The Bertz CT molecular complexity index is 588. The molecule has 0 fully saturated rings. The molecule has 1 N–H and O–H groups in total. The average molecular weight is 326 g/mol. The van der Waals surface area contributed by atoms with Gasteiger partial charge in [0.05, 0.1) is 0 Å². The molecule has 0 aromatic heterocycles. The van der Waals surface area contributed by atoms with Crippen LogP contribution in [-0.4, -0.2) is 33.9 Å². The lowest BCUT2D eigenvalue weighted by Gasteiger charge is -2.25. The first-order chi connectivity index (χ1) is 9.97. The summed E-state index contributed by atoms with van der Waals surface area (Å²) in [5, 5.41) is 12.5. The van der Waals surface area contributed by atoms with Crippen LogP contribution in [0.5, 0.6) is 5.75 Å². The van der Waals surface area contributed by atoms with Crippen molar-refractivity contribution >= 4 is 34.0 Å². The van der Waals surface area contributed by atoms with E-state index in [2.05, 4.69) is 11.0 Å². The minimum atomic E-state index is 0.0394. The van der Waals surface area contributed by atoms with Crippen LogP contribution < -0.4 is 0 Å². The lowest BCUT2D eigenvalue weighted by molar-refractivity contribution is 0.267. The molecule has 0 bridgehead atoms.